The van der Waals surface area contributed by atoms with Crippen molar-refractivity contribution in [3.8, 4) is 11.5 Å². The van der Waals surface area contributed by atoms with Gasteiger partial charge in [-0.15, -0.1) is 24.0 Å². The van der Waals surface area contributed by atoms with Gasteiger partial charge in [-0.2, -0.15) is 0 Å². The van der Waals surface area contributed by atoms with Gasteiger partial charge in [-0.25, -0.2) is 0 Å². The van der Waals surface area contributed by atoms with Gasteiger partial charge in [0.05, 0.1) is 13.7 Å². The predicted octanol–water partition coefficient (Wildman–Crippen LogP) is 3.61. The van der Waals surface area contributed by atoms with Gasteiger partial charge in [-0.05, 0) is 36.8 Å². The van der Waals surface area contributed by atoms with E-state index in [2.05, 4.69) is 56.5 Å². The Balaban J connectivity index is 0.00000300. The van der Waals surface area contributed by atoms with E-state index in [4.69, 9.17) is 9.47 Å². The van der Waals surface area contributed by atoms with Gasteiger partial charge in [0, 0.05) is 45.5 Å². The van der Waals surface area contributed by atoms with Crippen molar-refractivity contribution in [3.63, 3.8) is 0 Å². The second-order valence-corrected chi connectivity index (χ2v) is 6.63. The molecule has 29 heavy (non-hydrogen) atoms. The number of guanidine groups is 1. The van der Waals surface area contributed by atoms with Gasteiger partial charge < -0.3 is 24.6 Å². The lowest BCUT2D eigenvalue weighted by Gasteiger charge is -2.37. The first-order chi connectivity index (χ1) is 13.7. The second-order valence-electron chi connectivity index (χ2n) is 6.63. The topological polar surface area (TPSA) is 49.3 Å². The Morgan fingerprint density at radius 1 is 1.03 bits per heavy atom. The number of methoxy groups -OCH3 is 1. The summed E-state index contributed by atoms with van der Waals surface area (Å²) in [5.74, 6) is 2.46. The van der Waals surface area contributed by atoms with E-state index in [9.17, 15) is 0 Å². The average Bonchev–Trinajstić information content (AvgIpc) is 2.76. The summed E-state index contributed by atoms with van der Waals surface area (Å²) >= 11 is 0. The molecule has 1 fully saturated rings. The molecule has 158 valence electrons. The van der Waals surface area contributed by atoms with E-state index >= 15 is 0 Å². The zero-order chi connectivity index (χ0) is 19.8. The molecule has 3 rings (SSSR count). The third-order valence-corrected chi connectivity index (χ3v) is 4.89. The third-order valence-electron chi connectivity index (χ3n) is 4.89. The van der Waals surface area contributed by atoms with Gasteiger partial charge in [0.25, 0.3) is 0 Å². The lowest BCUT2D eigenvalue weighted by Crippen LogP contribution is -2.52. The lowest BCUT2D eigenvalue weighted by atomic mass is 10.2. The number of para-hydroxylation sites is 1. The molecule has 2 aromatic carbocycles. The molecule has 0 aromatic heterocycles. The van der Waals surface area contributed by atoms with Crippen LogP contribution in [-0.4, -0.2) is 57.8 Å². The molecule has 6 nitrogen and oxygen atoms in total. The van der Waals surface area contributed by atoms with Crippen molar-refractivity contribution >= 4 is 35.6 Å². The van der Waals surface area contributed by atoms with Gasteiger partial charge in [0.2, 0.25) is 0 Å². The molecule has 0 bridgehead atoms. The van der Waals surface area contributed by atoms with Gasteiger partial charge in [-0.3, -0.25) is 4.99 Å². The highest BCUT2D eigenvalue weighted by atomic mass is 127. The van der Waals surface area contributed by atoms with Crippen LogP contribution in [0.25, 0.3) is 0 Å². The molecule has 0 radical (unpaired) electrons. The summed E-state index contributed by atoms with van der Waals surface area (Å²) < 4.78 is 11.0. The Bertz CT molecular complexity index is 778. The number of piperazine rings is 1. The maximum atomic E-state index is 5.59. The fourth-order valence-electron chi connectivity index (χ4n) is 3.43. The molecule has 1 saturated heterocycles. The number of nitrogens with one attached hydrogen (secondary N) is 1. The summed E-state index contributed by atoms with van der Waals surface area (Å²) in [6, 6.07) is 16.6. The Morgan fingerprint density at radius 3 is 2.38 bits per heavy atom. The minimum atomic E-state index is 0. The summed E-state index contributed by atoms with van der Waals surface area (Å²) in [5.41, 5.74) is 2.41. The number of rotatable bonds is 6. The first-order valence-corrected chi connectivity index (χ1v) is 9.80. The van der Waals surface area contributed by atoms with Crippen LogP contribution in [0.2, 0.25) is 0 Å². The van der Waals surface area contributed by atoms with Crippen molar-refractivity contribution in [2.24, 2.45) is 4.99 Å². The van der Waals surface area contributed by atoms with Crippen LogP contribution < -0.4 is 19.7 Å². The smallest absolute Gasteiger partial charge is 0.194 e. The zero-order valence-corrected chi connectivity index (χ0v) is 19.8. The predicted molar refractivity (Wildman–Crippen MR) is 130 cm³/mol. The summed E-state index contributed by atoms with van der Waals surface area (Å²) in [7, 11) is 3.50. The van der Waals surface area contributed by atoms with E-state index in [1.807, 2.05) is 26.1 Å². The van der Waals surface area contributed by atoms with Gasteiger partial charge in [0.1, 0.15) is 0 Å². The van der Waals surface area contributed by atoms with Crippen LogP contribution in [0.5, 0.6) is 11.5 Å². The Morgan fingerprint density at radius 2 is 1.76 bits per heavy atom. The quantitative estimate of drug-likeness (QED) is 0.366. The number of nitrogens with zero attached hydrogens (tertiary/aromatic N) is 3. The molecule has 7 heteroatoms. The van der Waals surface area contributed by atoms with Crippen LogP contribution in [-0.2, 0) is 6.54 Å². The normalized spacial score (nSPS) is 14.2. The molecule has 1 aliphatic heterocycles. The third kappa shape index (κ3) is 6.16. The Hall–Kier alpha value is -2.16. The van der Waals surface area contributed by atoms with E-state index in [0.29, 0.717) is 13.2 Å². The minimum Gasteiger partial charge on any atom is -0.493 e. The van der Waals surface area contributed by atoms with Crippen LogP contribution in [0.3, 0.4) is 0 Å². The van der Waals surface area contributed by atoms with E-state index in [1.54, 1.807) is 7.11 Å². The van der Waals surface area contributed by atoms with Crippen LogP contribution in [0.1, 0.15) is 12.5 Å². The maximum absolute atomic E-state index is 5.59. The molecule has 0 amide bonds. The number of benzene rings is 2. The van der Waals surface area contributed by atoms with Gasteiger partial charge >= 0.3 is 0 Å². The molecule has 0 saturated carbocycles. The fraction of sp³-hybridized carbons (Fsp3) is 0.409. The van der Waals surface area contributed by atoms with Crippen LogP contribution in [0.15, 0.2) is 53.5 Å². The molecule has 0 spiro atoms. The van der Waals surface area contributed by atoms with Crippen LogP contribution >= 0.6 is 24.0 Å². The molecule has 1 N–H and O–H groups in total. The van der Waals surface area contributed by atoms with Crippen molar-refractivity contribution in [1.29, 1.82) is 0 Å². The van der Waals surface area contributed by atoms with Crippen molar-refractivity contribution in [3.05, 3.63) is 54.1 Å². The monoisotopic (exact) mass is 510 g/mol. The van der Waals surface area contributed by atoms with Crippen molar-refractivity contribution in [1.82, 2.24) is 10.2 Å². The molecule has 0 aliphatic carbocycles. The largest absolute Gasteiger partial charge is 0.493 e. The first kappa shape index (κ1) is 23.1. The molecule has 0 atom stereocenters. The number of aliphatic imine (C=N–C) groups is 1. The Labute approximate surface area is 190 Å². The molecule has 1 heterocycles. The molecule has 0 unspecified atom stereocenters. The Kier molecular flexibility index (Phi) is 9.37. The number of ether oxygens (including phenoxy) is 2. The average molecular weight is 510 g/mol. The first-order valence-electron chi connectivity index (χ1n) is 9.80. The fourth-order valence-corrected chi connectivity index (χ4v) is 3.43. The minimum absolute atomic E-state index is 0. The summed E-state index contributed by atoms with van der Waals surface area (Å²) in [5, 5.41) is 3.47. The number of hydrogen-bond acceptors (Lipinski definition) is 4. The van der Waals surface area contributed by atoms with Crippen LogP contribution in [0.4, 0.5) is 5.69 Å². The van der Waals surface area contributed by atoms with Crippen LogP contribution in [0, 0.1) is 0 Å². The number of anilines is 1. The summed E-state index contributed by atoms with van der Waals surface area (Å²) in [6.45, 7) is 7.14. The summed E-state index contributed by atoms with van der Waals surface area (Å²) in [4.78, 5) is 9.20. The zero-order valence-electron chi connectivity index (χ0n) is 17.4. The standard InChI is InChI=1S/C22H30N4O2.HI/c1-4-28-20-11-10-18(16-21(20)27-3)17-24-22(23-2)26-14-12-25(13-15-26)19-8-6-5-7-9-19;/h5-11,16H,4,12-15,17H2,1-3H3,(H,23,24);1H. The highest BCUT2D eigenvalue weighted by Crippen LogP contribution is 2.28. The van der Waals surface area contributed by atoms with Gasteiger partial charge in [0.15, 0.2) is 17.5 Å². The summed E-state index contributed by atoms with van der Waals surface area (Å²) in [6.07, 6.45) is 0. The SMILES string of the molecule is CCOc1ccc(CNC(=NC)N2CCN(c3ccccc3)CC2)cc1OC.I. The second kappa shape index (κ2) is 11.7. The van der Waals surface area contributed by atoms with E-state index in [0.717, 1.165) is 49.2 Å². The molecule has 2 aromatic rings. The van der Waals surface area contributed by atoms with E-state index < -0.39 is 0 Å². The molecule has 1 aliphatic rings. The number of hydrogen-bond donors (Lipinski definition) is 1. The maximum Gasteiger partial charge on any atom is 0.194 e. The van der Waals surface area contributed by atoms with E-state index in [-0.39, 0.29) is 24.0 Å². The van der Waals surface area contributed by atoms with Gasteiger partial charge in [-0.1, -0.05) is 24.3 Å². The number of halogens is 1. The van der Waals surface area contributed by atoms with Crippen molar-refractivity contribution < 1.29 is 9.47 Å². The van der Waals surface area contributed by atoms with Crippen molar-refractivity contribution in [2.75, 3.05) is 51.8 Å². The molecular formula is C22H31IN4O2. The molecular weight excluding hydrogens is 479 g/mol. The van der Waals surface area contributed by atoms with E-state index in [1.165, 1.54) is 5.69 Å². The highest BCUT2D eigenvalue weighted by Gasteiger charge is 2.19. The van der Waals surface area contributed by atoms with Crippen molar-refractivity contribution in [2.45, 2.75) is 13.5 Å². The highest BCUT2D eigenvalue weighted by molar-refractivity contribution is 14.0. The lowest BCUT2D eigenvalue weighted by molar-refractivity contribution is 0.310.